The number of hydrogen-bond acceptors (Lipinski definition) is 3. The minimum absolute atomic E-state index is 0. The highest BCUT2D eigenvalue weighted by molar-refractivity contribution is 14.0. The zero-order chi connectivity index (χ0) is 22.6. The first-order chi connectivity index (χ1) is 15.7. The first kappa shape index (κ1) is 27.1. The molecular weight excluding hydrogens is 527 g/mol. The maximum atomic E-state index is 12.2. The van der Waals surface area contributed by atoms with Crippen molar-refractivity contribution in [3.63, 3.8) is 0 Å². The molecule has 3 N–H and O–H groups in total. The molecule has 3 rings (SSSR count). The number of nitrogens with zero attached hydrogens (tertiary/aromatic N) is 1. The van der Waals surface area contributed by atoms with Gasteiger partial charge in [0.2, 0.25) is 5.91 Å². The Morgan fingerprint density at radius 2 is 1.82 bits per heavy atom. The second-order valence-electron chi connectivity index (χ2n) is 8.27. The van der Waals surface area contributed by atoms with Crippen LogP contribution in [-0.2, 0) is 16.0 Å². The number of nitrogens with one attached hydrogen (secondary N) is 3. The maximum absolute atomic E-state index is 12.2. The second-order valence-corrected chi connectivity index (χ2v) is 8.27. The van der Waals surface area contributed by atoms with Crippen LogP contribution in [0.1, 0.15) is 42.6 Å². The van der Waals surface area contributed by atoms with Crippen LogP contribution in [0.3, 0.4) is 0 Å². The molecule has 2 unspecified atom stereocenters. The summed E-state index contributed by atoms with van der Waals surface area (Å²) in [7, 11) is 0. The van der Waals surface area contributed by atoms with Gasteiger partial charge in [-0.15, -0.1) is 24.0 Å². The molecule has 1 amide bonds. The lowest BCUT2D eigenvalue weighted by molar-refractivity contribution is -0.119. The summed E-state index contributed by atoms with van der Waals surface area (Å²) in [5, 5.41) is 9.60. The summed E-state index contributed by atoms with van der Waals surface area (Å²) >= 11 is 0. The van der Waals surface area contributed by atoms with Gasteiger partial charge in [-0.1, -0.05) is 60.2 Å². The predicted octanol–water partition coefficient (Wildman–Crippen LogP) is 3.99. The van der Waals surface area contributed by atoms with E-state index in [1.54, 1.807) is 0 Å². The summed E-state index contributed by atoms with van der Waals surface area (Å²) in [6.45, 7) is 7.13. The average Bonchev–Trinajstić information content (AvgIpc) is 2.82. The van der Waals surface area contributed by atoms with E-state index >= 15 is 0 Å². The lowest BCUT2D eigenvalue weighted by Gasteiger charge is -2.32. The average molecular weight is 565 g/mol. The summed E-state index contributed by atoms with van der Waals surface area (Å²) in [5.74, 6) is 0.950. The van der Waals surface area contributed by atoms with Crippen molar-refractivity contribution in [3.05, 3.63) is 71.3 Å². The zero-order valence-electron chi connectivity index (χ0n) is 19.7. The highest BCUT2D eigenvalue weighted by Gasteiger charge is 2.27. The van der Waals surface area contributed by atoms with Gasteiger partial charge in [0.25, 0.3) is 0 Å². The van der Waals surface area contributed by atoms with Crippen LogP contribution in [0.4, 0.5) is 0 Å². The molecule has 2 atom stereocenters. The van der Waals surface area contributed by atoms with E-state index in [1.807, 2.05) is 25.1 Å². The van der Waals surface area contributed by atoms with Crippen molar-refractivity contribution < 1.29 is 9.53 Å². The highest BCUT2D eigenvalue weighted by Crippen LogP contribution is 2.33. The van der Waals surface area contributed by atoms with Gasteiger partial charge in [0, 0.05) is 32.2 Å². The molecule has 0 aromatic heterocycles. The summed E-state index contributed by atoms with van der Waals surface area (Å²) in [4.78, 5) is 16.7. The molecule has 0 spiro atoms. The Morgan fingerprint density at radius 3 is 2.55 bits per heavy atom. The third-order valence-electron chi connectivity index (χ3n) is 5.69. The van der Waals surface area contributed by atoms with Gasteiger partial charge < -0.3 is 20.7 Å². The Hall–Kier alpha value is -2.13. The van der Waals surface area contributed by atoms with Gasteiger partial charge in [-0.25, -0.2) is 4.99 Å². The molecule has 2 aromatic rings. The minimum Gasteiger partial charge on any atom is -0.373 e. The summed E-state index contributed by atoms with van der Waals surface area (Å²) in [5.41, 5.74) is 3.69. The highest BCUT2D eigenvalue weighted by atomic mass is 127. The standard InChI is InChI=1S/C26H36N4O2.HI/c1-3-27-26(30-19-24(31)28-16-15-21-8-5-4-6-9-21)29-18-23-10-7-17-32-25(23)22-13-11-20(2)12-14-22;/h4-6,8-9,11-14,23,25H,3,7,10,15-19H2,1-2H3,(H,28,31)(H2,27,29,30);1H. The topological polar surface area (TPSA) is 74.8 Å². The third-order valence-corrected chi connectivity index (χ3v) is 5.69. The monoisotopic (exact) mass is 564 g/mol. The molecule has 1 heterocycles. The number of aliphatic imine (C=N–C) groups is 1. The zero-order valence-corrected chi connectivity index (χ0v) is 22.0. The molecule has 180 valence electrons. The molecular formula is C26H37IN4O2. The Bertz CT molecular complexity index is 858. The molecule has 1 aliphatic rings. The lowest BCUT2D eigenvalue weighted by Crippen LogP contribution is -2.42. The van der Waals surface area contributed by atoms with Crippen molar-refractivity contribution >= 4 is 35.8 Å². The van der Waals surface area contributed by atoms with Crippen LogP contribution in [-0.4, -0.2) is 44.7 Å². The number of carbonyl (C=O) groups is 1. The van der Waals surface area contributed by atoms with E-state index in [0.29, 0.717) is 18.4 Å². The molecule has 7 heteroatoms. The van der Waals surface area contributed by atoms with Gasteiger partial charge >= 0.3 is 0 Å². The van der Waals surface area contributed by atoms with Crippen LogP contribution in [0.2, 0.25) is 0 Å². The molecule has 0 aliphatic carbocycles. The Balaban J connectivity index is 0.00000385. The first-order valence-electron chi connectivity index (χ1n) is 11.7. The van der Waals surface area contributed by atoms with Crippen molar-refractivity contribution in [2.75, 3.05) is 32.8 Å². The van der Waals surface area contributed by atoms with Crippen LogP contribution in [0, 0.1) is 12.8 Å². The van der Waals surface area contributed by atoms with Crippen molar-refractivity contribution in [1.29, 1.82) is 0 Å². The fraction of sp³-hybridized carbons (Fsp3) is 0.462. The van der Waals surface area contributed by atoms with E-state index < -0.39 is 0 Å². The number of carbonyl (C=O) groups excluding carboxylic acids is 1. The first-order valence-corrected chi connectivity index (χ1v) is 11.7. The number of halogens is 1. The van der Waals surface area contributed by atoms with E-state index in [9.17, 15) is 4.79 Å². The molecule has 1 aliphatic heterocycles. The smallest absolute Gasteiger partial charge is 0.241 e. The van der Waals surface area contributed by atoms with E-state index in [4.69, 9.17) is 4.74 Å². The minimum atomic E-state index is -0.0725. The Morgan fingerprint density at radius 1 is 1.06 bits per heavy atom. The van der Waals surface area contributed by atoms with Crippen LogP contribution in [0.25, 0.3) is 0 Å². The van der Waals surface area contributed by atoms with Crippen LogP contribution in [0.15, 0.2) is 59.6 Å². The molecule has 6 nitrogen and oxygen atoms in total. The van der Waals surface area contributed by atoms with Crippen LogP contribution >= 0.6 is 24.0 Å². The lowest BCUT2D eigenvalue weighted by atomic mass is 9.89. The fourth-order valence-corrected chi connectivity index (χ4v) is 3.94. The van der Waals surface area contributed by atoms with Crippen molar-refractivity contribution in [1.82, 2.24) is 16.0 Å². The molecule has 2 aromatic carbocycles. The van der Waals surface area contributed by atoms with Gasteiger partial charge in [0.1, 0.15) is 6.54 Å². The largest absolute Gasteiger partial charge is 0.373 e. The van der Waals surface area contributed by atoms with E-state index in [1.165, 1.54) is 16.7 Å². The number of hydrogen-bond donors (Lipinski definition) is 3. The number of ether oxygens (including phenoxy) is 1. The number of benzene rings is 2. The Labute approximate surface area is 215 Å². The van der Waals surface area contributed by atoms with Crippen LogP contribution < -0.4 is 16.0 Å². The van der Waals surface area contributed by atoms with Gasteiger partial charge in [0.15, 0.2) is 5.96 Å². The SMILES string of the molecule is CCNC(=NCC(=O)NCCc1ccccc1)NCC1CCCOC1c1ccc(C)cc1.I. The number of amides is 1. The molecule has 33 heavy (non-hydrogen) atoms. The number of aryl methyl sites for hydroxylation is 1. The van der Waals surface area contributed by atoms with Gasteiger partial charge in [-0.2, -0.15) is 0 Å². The van der Waals surface area contributed by atoms with E-state index in [2.05, 4.69) is 64.3 Å². The van der Waals surface area contributed by atoms with Crippen molar-refractivity contribution in [2.45, 2.75) is 39.2 Å². The second kappa shape index (κ2) is 14.9. The molecule has 1 saturated heterocycles. The Kier molecular flexibility index (Phi) is 12.2. The molecule has 1 fully saturated rings. The molecule has 0 radical (unpaired) electrons. The van der Waals surface area contributed by atoms with Gasteiger partial charge in [-0.3, -0.25) is 4.79 Å². The fourth-order valence-electron chi connectivity index (χ4n) is 3.94. The molecule has 0 bridgehead atoms. The predicted molar refractivity (Wildman–Crippen MR) is 145 cm³/mol. The van der Waals surface area contributed by atoms with Crippen molar-refractivity contribution in [2.24, 2.45) is 10.9 Å². The van der Waals surface area contributed by atoms with E-state index in [-0.39, 0.29) is 42.5 Å². The van der Waals surface area contributed by atoms with Crippen molar-refractivity contribution in [3.8, 4) is 0 Å². The van der Waals surface area contributed by atoms with Gasteiger partial charge in [-0.05, 0) is 44.2 Å². The molecule has 0 saturated carbocycles. The maximum Gasteiger partial charge on any atom is 0.241 e. The van der Waals surface area contributed by atoms with E-state index in [0.717, 1.165) is 39.0 Å². The summed E-state index contributed by atoms with van der Waals surface area (Å²) in [6, 6.07) is 18.8. The summed E-state index contributed by atoms with van der Waals surface area (Å²) < 4.78 is 6.12. The summed E-state index contributed by atoms with van der Waals surface area (Å²) in [6.07, 6.45) is 3.06. The third kappa shape index (κ3) is 9.33. The number of rotatable bonds is 9. The quantitative estimate of drug-likeness (QED) is 0.245. The van der Waals surface area contributed by atoms with Crippen LogP contribution in [0.5, 0.6) is 0 Å². The normalized spacial score (nSPS) is 18.2. The number of guanidine groups is 1. The van der Waals surface area contributed by atoms with Gasteiger partial charge in [0.05, 0.1) is 6.10 Å².